The Morgan fingerprint density at radius 2 is 1.72 bits per heavy atom. The van der Waals surface area contributed by atoms with Crippen molar-refractivity contribution >= 4 is 17.3 Å². The van der Waals surface area contributed by atoms with E-state index in [-0.39, 0.29) is 11.6 Å². The smallest absolute Gasteiger partial charge is 0.269 e. The number of hydrogen-bond acceptors (Lipinski definition) is 4. The third-order valence-electron chi connectivity index (χ3n) is 6.19. The summed E-state index contributed by atoms with van der Waals surface area (Å²) in [6.07, 6.45) is 3.37. The quantitative estimate of drug-likeness (QED) is 0.372. The molecular weight excluding hydrogens is 404 g/mol. The first kappa shape index (κ1) is 21.6. The van der Waals surface area contributed by atoms with Crippen LogP contribution in [-0.4, -0.2) is 10.8 Å². The van der Waals surface area contributed by atoms with Gasteiger partial charge in [0.05, 0.1) is 10.3 Å². The highest BCUT2D eigenvalue weighted by atomic mass is 16.6. The maximum atomic E-state index is 13.4. The normalized spacial score (nSPS) is 14.7. The monoisotopic (exact) mass is 430 g/mol. The van der Waals surface area contributed by atoms with Crippen molar-refractivity contribution in [3.8, 4) is 5.75 Å². The summed E-state index contributed by atoms with van der Waals surface area (Å²) in [5.41, 5.74) is 2.95. The Kier molecular flexibility index (Phi) is 6.21. The van der Waals surface area contributed by atoms with Crippen molar-refractivity contribution in [3.05, 3.63) is 99.6 Å². The Morgan fingerprint density at radius 1 is 1.03 bits per heavy atom. The Morgan fingerprint density at radius 3 is 2.34 bits per heavy atom. The van der Waals surface area contributed by atoms with Crippen molar-refractivity contribution in [2.75, 3.05) is 5.32 Å². The van der Waals surface area contributed by atoms with Gasteiger partial charge in [0, 0.05) is 17.8 Å². The molecule has 1 N–H and O–H groups in total. The summed E-state index contributed by atoms with van der Waals surface area (Å²) in [4.78, 5) is 24.0. The SMILES string of the molecule is Cc1cc(NC(=O)C2(c3ccc([N+](=O)[O-])cc3)CCCC2)ccc1OCc1ccccc1. The van der Waals surface area contributed by atoms with E-state index >= 15 is 0 Å². The summed E-state index contributed by atoms with van der Waals surface area (Å²) in [6.45, 7) is 2.44. The van der Waals surface area contributed by atoms with Gasteiger partial charge in [-0.3, -0.25) is 14.9 Å². The average molecular weight is 431 g/mol. The van der Waals surface area contributed by atoms with Crippen LogP contribution >= 0.6 is 0 Å². The van der Waals surface area contributed by atoms with E-state index in [1.54, 1.807) is 12.1 Å². The number of anilines is 1. The molecule has 6 nitrogen and oxygen atoms in total. The number of nitro groups is 1. The van der Waals surface area contributed by atoms with Crippen LogP contribution < -0.4 is 10.1 Å². The van der Waals surface area contributed by atoms with Crippen molar-refractivity contribution in [3.63, 3.8) is 0 Å². The zero-order chi connectivity index (χ0) is 22.6. The van der Waals surface area contributed by atoms with Gasteiger partial charge in [0.15, 0.2) is 0 Å². The molecule has 4 rings (SSSR count). The van der Waals surface area contributed by atoms with Crippen molar-refractivity contribution in [1.29, 1.82) is 0 Å². The highest BCUT2D eigenvalue weighted by Gasteiger charge is 2.42. The maximum absolute atomic E-state index is 13.4. The minimum absolute atomic E-state index is 0.0315. The maximum Gasteiger partial charge on any atom is 0.269 e. The Labute approximate surface area is 187 Å². The molecule has 0 radical (unpaired) electrons. The Hall–Kier alpha value is -3.67. The first-order valence-corrected chi connectivity index (χ1v) is 10.8. The van der Waals surface area contributed by atoms with E-state index in [2.05, 4.69) is 5.32 Å². The van der Waals surface area contributed by atoms with Crippen molar-refractivity contribution in [2.24, 2.45) is 0 Å². The topological polar surface area (TPSA) is 81.5 Å². The number of nitro benzene ring substituents is 1. The molecular formula is C26H26N2O4. The number of nitrogens with one attached hydrogen (secondary N) is 1. The summed E-state index contributed by atoms with van der Waals surface area (Å²) in [7, 11) is 0. The first-order valence-electron chi connectivity index (χ1n) is 10.8. The minimum Gasteiger partial charge on any atom is -0.489 e. The van der Waals surface area contributed by atoms with Crippen molar-refractivity contribution in [2.45, 2.75) is 44.6 Å². The molecule has 0 atom stereocenters. The molecule has 1 saturated carbocycles. The fourth-order valence-corrected chi connectivity index (χ4v) is 4.40. The molecule has 0 bridgehead atoms. The third-order valence-corrected chi connectivity index (χ3v) is 6.19. The van der Waals surface area contributed by atoms with Crippen LogP contribution in [0.4, 0.5) is 11.4 Å². The van der Waals surface area contributed by atoms with Crippen LogP contribution in [-0.2, 0) is 16.8 Å². The zero-order valence-electron chi connectivity index (χ0n) is 18.0. The molecule has 32 heavy (non-hydrogen) atoms. The van der Waals surface area contributed by atoms with E-state index in [1.807, 2.05) is 55.5 Å². The number of non-ortho nitro benzene ring substituents is 1. The second-order valence-electron chi connectivity index (χ2n) is 8.30. The lowest BCUT2D eigenvalue weighted by molar-refractivity contribution is -0.384. The zero-order valence-corrected chi connectivity index (χ0v) is 18.0. The number of benzene rings is 3. The van der Waals surface area contributed by atoms with E-state index in [4.69, 9.17) is 4.74 Å². The van der Waals surface area contributed by atoms with E-state index in [9.17, 15) is 14.9 Å². The van der Waals surface area contributed by atoms with Gasteiger partial charge in [-0.15, -0.1) is 0 Å². The van der Waals surface area contributed by atoms with Crippen LogP contribution in [0, 0.1) is 17.0 Å². The van der Waals surface area contributed by atoms with Gasteiger partial charge in [-0.1, -0.05) is 55.3 Å². The lowest BCUT2D eigenvalue weighted by atomic mass is 9.78. The van der Waals surface area contributed by atoms with Crippen LogP contribution in [0.15, 0.2) is 72.8 Å². The molecule has 6 heteroatoms. The molecule has 0 heterocycles. The number of amides is 1. The highest BCUT2D eigenvalue weighted by molar-refractivity contribution is 5.99. The molecule has 0 aromatic heterocycles. The Balaban J connectivity index is 1.49. The number of aryl methyl sites for hydroxylation is 1. The second kappa shape index (κ2) is 9.22. The van der Waals surface area contributed by atoms with E-state index in [0.29, 0.717) is 12.3 Å². The van der Waals surface area contributed by atoms with Crippen LogP contribution in [0.2, 0.25) is 0 Å². The molecule has 1 amide bonds. The van der Waals surface area contributed by atoms with Crippen LogP contribution in [0.25, 0.3) is 0 Å². The molecule has 0 spiro atoms. The van der Waals surface area contributed by atoms with Crippen molar-refractivity contribution in [1.82, 2.24) is 0 Å². The minimum atomic E-state index is -0.661. The molecule has 3 aromatic carbocycles. The lowest BCUT2D eigenvalue weighted by Crippen LogP contribution is -2.38. The van der Waals surface area contributed by atoms with Gasteiger partial charge in [-0.05, 0) is 54.7 Å². The van der Waals surface area contributed by atoms with Gasteiger partial charge in [0.1, 0.15) is 12.4 Å². The summed E-state index contributed by atoms with van der Waals surface area (Å²) >= 11 is 0. The fraction of sp³-hybridized carbons (Fsp3) is 0.269. The van der Waals surface area contributed by atoms with Gasteiger partial charge in [-0.2, -0.15) is 0 Å². The second-order valence-corrected chi connectivity index (χ2v) is 8.30. The molecule has 1 aliphatic rings. The molecule has 1 fully saturated rings. The lowest BCUT2D eigenvalue weighted by Gasteiger charge is -2.28. The van der Waals surface area contributed by atoms with E-state index < -0.39 is 10.3 Å². The van der Waals surface area contributed by atoms with Gasteiger partial charge < -0.3 is 10.1 Å². The standard InChI is InChI=1S/C26H26N2O4/c1-19-17-22(11-14-24(19)32-18-20-7-3-2-4-8-20)27-25(29)26(15-5-6-16-26)21-9-12-23(13-10-21)28(30)31/h2-4,7-14,17H,5-6,15-16,18H2,1H3,(H,27,29). The molecule has 0 saturated heterocycles. The number of carbonyl (C=O) groups excluding carboxylic acids is 1. The third kappa shape index (κ3) is 4.49. The summed E-state index contributed by atoms with van der Waals surface area (Å²) in [5, 5.41) is 14.1. The molecule has 3 aromatic rings. The summed E-state index contributed by atoms with van der Waals surface area (Å²) in [6, 6.07) is 22.0. The number of rotatable bonds is 7. The number of hydrogen-bond donors (Lipinski definition) is 1. The summed E-state index contributed by atoms with van der Waals surface area (Å²) in [5.74, 6) is 0.707. The van der Waals surface area contributed by atoms with Gasteiger partial charge in [0.2, 0.25) is 5.91 Å². The first-order chi connectivity index (χ1) is 15.5. The van der Waals surface area contributed by atoms with Crippen LogP contribution in [0.5, 0.6) is 5.75 Å². The molecule has 1 aliphatic carbocycles. The van der Waals surface area contributed by atoms with Gasteiger partial charge in [0.25, 0.3) is 5.69 Å². The fourth-order valence-electron chi connectivity index (χ4n) is 4.40. The van der Waals surface area contributed by atoms with Gasteiger partial charge >= 0.3 is 0 Å². The predicted octanol–water partition coefficient (Wildman–Crippen LogP) is 5.93. The number of carbonyl (C=O) groups is 1. The largest absolute Gasteiger partial charge is 0.489 e. The molecule has 0 unspecified atom stereocenters. The van der Waals surface area contributed by atoms with Crippen molar-refractivity contribution < 1.29 is 14.5 Å². The number of ether oxygens (including phenoxy) is 1. The van der Waals surface area contributed by atoms with Crippen LogP contribution in [0.1, 0.15) is 42.4 Å². The Bertz CT molecular complexity index is 1100. The van der Waals surface area contributed by atoms with Crippen LogP contribution in [0.3, 0.4) is 0 Å². The number of nitrogens with zero attached hydrogens (tertiary/aromatic N) is 1. The average Bonchev–Trinajstić information content (AvgIpc) is 3.31. The molecule has 164 valence electrons. The summed E-state index contributed by atoms with van der Waals surface area (Å²) < 4.78 is 5.93. The van der Waals surface area contributed by atoms with Gasteiger partial charge in [-0.25, -0.2) is 0 Å². The molecule has 0 aliphatic heterocycles. The van der Waals surface area contributed by atoms with E-state index in [1.165, 1.54) is 12.1 Å². The predicted molar refractivity (Wildman–Crippen MR) is 124 cm³/mol. The van der Waals surface area contributed by atoms with E-state index in [0.717, 1.165) is 48.1 Å². The highest BCUT2D eigenvalue weighted by Crippen LogP contribution is 2.42.